The van der Waals surface area contributed by atoms with E-state index >= 15 is 0 Å². The molecule has 3 aromatic rings. The van der Waals surface area contributed by atoms with Crippen LogP contribution in [0, 0.1) is 6.92 Å². The lowest BCUT2D eigenvalue weighted by atomic mass is 10.1. The SMILES string of the molecule is COc1ccc(CCNc2cc(C)c3cccc(OC)c3n2)cc1. The Morgan fingerprint density at radius 3 is 2.50 bits per heavy atom. The number of para-hydroxylation sites is 1. The molecule has 2 aromatic carbocycles. The first-order valence-electron chi connectivity index (χ1n) is 8.02. The molecule has 0 bridgehead atoms. The maximum absolute atomic E-state index is 5.43. The summed E-state index contributed by atoms with van der Waals surface area (Å²) in [6, 6.07) is 16.2. The van der Waals surface area contributed by atoms with E-state index in [1.54, 1.807) is 14.2 Å². The van der Waals surface area contributed by atoms with Gasteiger partial charge < -0.3 is 14.8 Å². The number of aromatic nitrogens is 1. The van der Waals surface area contributed by atoms with Gasteiger partial charge in [0.05, 0.1) is 14.2 Å². The van der Waals surface area contributed by atoms with Gasteiger partial charge >= 0.3 is 0 Å². The van der Waals surface area contributed by atoms with E-state index in [0.717, 1.165) is 41.2 Å². The van der Waals surface area contributed by atoms with Gasteiger partial charge in [0.15, 0.2) is 0 Å². The molecular formula is C20H22N2O2. The van der Waals surface area contributed by atoms with Gasteiger partial charge in [-0.15, -0.1) is 0 Å². The summed E-state index contributed by atoms with van der Waals surface area (Å²) in [5.41, 5.74) is 3.34. The minimum absolute atomic E-state index is 0.800. The van der Waals surface area contributed by atoms with Gasteiger partial charge in [-0.3, -0.25) is 0 Å². The molecule has 0 aliphatic rings. The lowest BCUT2D eigenvalue weighted by Crippen LogP contribution is -2.07. The van der Waals surface area contributed by atoms with Gasteiger partial charge in [-0.1, -0.05) is 24.3 Å². The van der Waals surface area contributed by atoms with Crippen LogP contribution in [0.1, 0.15) is 11.1 Å². The first-order valence-corrected chi connectivity index (χ1v) is 8.02. The van der Waals surface area contributed by atoms with Crippen LogP contribution in [0.15, 0.2) is 48.5 Å². The monoisotopic (exact) mass is 322 g/mol. The highest BCUT2D eigenvalue weighted by atomic mass is 16.5. The van der Waals surface area contributed by atoms with Crippen molar-refractivity contribution in [2.75, 3.05) is 26.1 Å². The first-order chi connectivity index (χ1) is 11.7. The molecule has 1 heterocycles. The molecule has 4 nitrogen and oxygen atoms in total. The summed E-state index contributed by atoms with van der Waals surface area (Å²) >= 11 is 0. The molecule has 0 aliphatic carbocycles. The fourth-order valence-electron chi connectivity index (χ4n) is 2.77. The van der Waals surface area contributed by atoms with E-state index in [0.29, 0.717) is 0 Å². The second-order valence-electron chi connectivity index (χ2n) is 5.71. The summed E-state index contributed by atoms with van der Waals surface area (Å²) in [5, 5.41) is 4.53. The molecule has 0 spiro atoms. The van der Waals surface area contributed by atoms with Gasteiger partial charge in [-0.25, -0.2) is 4.98 Å². The van der Waals surface area contributed by atoms with Crippen LogP contribution >= 0.6 is 0 Å². The molecule has 0 aliphatic heterocycles. The summed E-state index contributed by atoms with van der Waals surface area (Å²) in [7, 11) is 3.36. The topological polar surface area (TPSA) is 43.4 Å². The van der Waals surface area contributed by atoms with Crippen LogP contribution in [0.3, 0.4) is 0 Å². The van der Waals surface area contributed by atoms with Crippen molar-refractivity contribution in [2.45, 2.75) is 13.3 Å². The zero-order chi connectivity index (χ0) is 16.9. The largest absolute Gasteiger partial charge is 0.497 e. The van der Waals surface area contributed by atoms with Crippen molar-refractivity contribution in [1.82, 2.24) is 4.98 Å². The second kappa shape index (κ2) is 7.21. The summed E-state index contributed by atoms with van der Waals surface area (Å²) in [6.07, 6.45) is 0.925. The Bertz CT molecular complexity index is 829. The molecule has 0 radical (unpaired) electrons. The minimum atomic E-state index is 0.800. The molecule has 0 atom stereocenters. The van der Waals surface area contributed by atoms with Gasteiger partial charge in [0.2, 0.25) is 0 Å². The van der Waals surface area contributed by atoms with E-state index in [-0.39, 0.29) is 0 Å². The smallest absolute Gasteiger partial charge is 0.145 e. The van der Waals surface area contributed by atoms with Crippen LogP contribution < -0.4 is 14.8 Å². The van der Waals surface area contributed by atoms with E-state index in [9.17, 15) is 0 Å². The number of hydrogen-bond donors (Lipinski definition) is 1. The third-order valence-electron chi connectivity index (χ3n) is 4.11. The number of anilines is 1. The molecule has 0 amide bonds. The maximum atomic E-state index is 5.43. The fourth-order valence-corrected chi connectivity index (χ4v) is 2.77. The second-order valence-corrected chi connectivity index (χ2v) is 5.71. The Balaban J connectivity index is 1.72. The van der Waals surface area contributed by atoms with Crippen molar-refractivity contribution < 1.29 is 9.47 Å². The molecule has 1 aromatic heterocycles. The van der Waals surface area contributed by atoms with Crippen molar-refractivity contribution in [3.05, 3.63) is 59.7 Å². The van der Waals surface area contributed by atoms with E-state index in [1.165, 1.54) is 11.1 Å². The van der Waals surface area contributed by atoms with Crippen molar-refractivity contribution in [3.63, 3.8) is 0 Å². The van der Waals surface area contributed by atoms with E-state index in [1.807, 2.05) is 24.3 Å². The van der Waals surface area contributed by atoms with Crippen molar-refractivity contribution >= 4 is 16.7 Å². The van der Waals surface area contributed by atoms with Crippen molar-refractivity contribution in [1.29, 1.82) is 0 Å². The third kappa shape index (κ3) is 3.43. The Kier molecular flexibility index (Phi) is 4.85. The first kappa shape index (κ1) is 16.1. The molecule has 3 rings (SSSR count). The highest BCUT2D eigenvalue weighted by Gasteiger charge is 2.07. The summed E-state index contributed by atoms with van der Waals surface area (Å²) in [5.74, 6) is 2.55. The average Bonchev–Trinajstić information content (AvgIpc) is 2.62. The lowest BCUT2D eigenvalue weighted by molar-refractivity contribution is 0.414. The minimum Gasteiger partial charge on any atom is -0.497 e. The van der Waals surface area contributed by atoms with E-state index in [4.69, 9.17) is 14.5 Å². The number of benzene rings is 2. The molecular weight excluding hydrogens is 300 g/mol. The quantitative estimate of drug-likeness (QED) is 0.738. The number of methoxy groups -OCH3 is 2. The number of nitrogens with zero attached hydrogens (tertiary/aromatic N) is 1. The zero-order valence-corrected chi connectivity index (χ0v) is 14.3. The standard InChI is InChI=1S/C20H22N2O2/c1-14-13-19(22-20-17(14)5-4-6-18(20)24-3)21-12-11-15-7-9-16(23-2)10-8-15/h4-10,13H,11-12H2,1-3H3,(H,21,22). The number of ether oxygens (including phenoxy) is 2. The molecule has 4 heteroatoms. The number of aryl methyl sites for hydroxylation is 1. The molecule has 124 valence electrons. The maximum Gasteiger partial charge on any atom is 0.145 e. The predicted molar refractivity (Wildman–Crippen MR) is 98.2 cm³/mol. The molecule has 24 heavy (non-hydrogen) atoms. The number of nitrogens with one attached hydrogen (secondary N) is 1. The van der Waals surface area contributed by atoms with E-state index in [2.05, 4.69) is 36.5 Å². The van der Waals surface area contributed by atoms with E-state index < -0.39 is 0 Å². The Labute approximate surface area is 142 Å². The number of rotatable bonds is 6. The number of fused-ring (bicyclic) bond motifs is 1. The van der Waals surface area contributed by atoms with Gasteiger partial charge in [0, 0.05) is 11.9 Å². The number of pyridine rings is 1. The number of hydrogen-bond acceptors (Lipinski definition) is 4. The predicted octanol–water partition coefficient (Wildman–Crippen LogP) is 4.22. The molecule has 0 fully saturated rings. The van der Waals surface area contributed by atoms with Crippen LogP contribution in [-0.4, -0.2) is 25.7 Å². The average molecular weight is 322 g/mol. The third-order valence-corrected chi connectivity index (χ3v) is 4.11. The molecule has 0 unspecified atom stereocenters. The molecule has 1 N–H and O–H groups in total. The normalized spacial score (nSPS) is 10.6. The van der Waals surface area contributed by atoms with Gasteiger partial charge in [0.1, 0.15) is 22.8 Å². The summed E-state index contributed by atoms with van der Waals surface area (Å²) < 4.78 is 10.6. The lowest BCUT2D eigenvalue weighted by Gasteiger charge is -2.11. The van der Waals surface area contributed by atoms with Crippen LogP contribution in [-0.2, 0) is 6.42 Å². The van der Waals surface area contributed by atoms with Crippen LogP contribution in [0.5, 0.6) is 11.5 Å². The highest BCUT2D eigenvalue weighted by molar-refractivity contribution is 5.88. The molecule has 0 saturated heterocycles. The van der Waals surface area contributed by atoms with Crippen molar-refractivity contribution in [2.24, 2.45) is 0 Å². The van der Waals surface area contributed by atoms with Crippen molar-refractivity contribution in [3.8, 4) is 11.5 Å². The van der Waals surface area contributed by atoms with Crippen LogP contribution in [0.4, 0.5) is 5.82 Å². The van der Waals surface area contributed by atoms with Crippen LogP contribution in [0.25, 0.3) is 10.9 Å². The Morgan fingerprint density at radius 2 is 1.79 bits per heavy atom. The Morgan fingerprint density at radius 1 is 1.00 bits per heavy atom. The van der Waals surface area contributed by atoms with Crippen LogP contribution in [0.2, 0.25) is 0 Å². The fraction of sp³-hybridized carbons (Fsp3) is 0.250. The summed E-state index contributed by atoms with van der Waals surface area (Å²) in [6.45, 7) is 2.91. The summed E-state index contributed by atoms with van der Waals surface area (Å²) in [4.78, 5) is 4.71. The van der Waals surface area contributed by atoms with Gasteiger partial charge in [-0.2, -0.15) is 0 Å². The van der Waals surface area contributed by atoms with Gasteiger partial charge in [-0.05, 0) is 48.7 Å². The van der Waals surface area contributed by atoms with Gasteiger partial charge in [0.25, 0.3) is 0 Å². The highest BCUT2D eigenvalue weighted by Crippen LogP contribution is 2.27. The Hall–Kier alpha value is -2.75. The zero-order valence-electron chi connectivity index (χ0n) is 14.3. The molecule has 0 saturated carbocycles.